The van der Waals surface area contributed by atoms with Crippen molar-refractivity contribution < 1.29 is 14.6 Å². The summed E-state index contributed by atoms with van der Waals surface area (Å²) in [5.74, 6) is -0.707. The van der Waals surface area contributed by atoms with Gasteiger partial charge in [0.15, 0.2) is 0 Å². The minimum atomic E-state index is -0.707. The summed E-state index contributed by atoms with van der Waals surface area (Å²) in [5, 5.41) is 9.46. The van der Waals surface area contributed by atoms with Crippen molar-refractivity contribution in [3.8, 4) is 0 Å². The van der Waals surface area contributed by atoms with Crippen LogP contribution in [0.3, 0.4) is 0 Å². The molecule has 5 heteroatoms. The smallest absolute Gasteiger partial charge is 0.303 e. The molecule has 4 nitrogen and oxygen atoms in total. The topological polar surface area (TPSA) is 49.8 Å². The zero-order valence-corrected chi connectivity index (χ0v) is 16.9. The summed E-state index contributed by atoms with van der Waals surface area (Å²) in [6.07, 6.45) is 4.07. The second kappa shape index (κ2) is 10.6. The van der Waals surface area contributed by atoms with Gasteiger partial charge in [-0.25, -0.2) is 0 Å². The van der Waals surface area contributed by atoms with Crippen LogP contribution in [-0.4, -0.2) is 41.7 Å². The van der Waals surface area contributed by atoms with E-state index in [9.17, 15) is 4.79 Å². The maximum Gasteiger partial charge on any atom is 0.303 e. The molecule has 0 amide bonds. The summed E-state index contributed by atoms with van der Waals surface area (Å²) in [5.41, 5.74) is 2.27. The number of likely N-dealkylation sites (tertiary alicyclic amines) is 1. The number of nitrogens with zero attached hydrogens (tertiary/aromatic N) is 1. The van der Waals surface area contributed by atoms with E-state index in [1.165, 1.54) is 0 Å². The molecule has 1 atom stereocenters. The van der Waals surface area contributed by atoms with Gasteiger partial charge in [-0.1, -0.05) is 54.1 Å². The Morgan fingerprint density at radius 3 is 2.32 bits per heavy atom. The minimum Gasteiger partial charge on any atom is -0.481 e. The normalized spacial score (nSPS) is 16.8. The third-order valence-corrected chi connectivity index (χ3v) is 5.51. The number of piperidine rings is 1. The van der Waals surface area contributed by atoms with E-state index in [-0.39, 0.29) is 18.6 Å². The summed E-state index contributed by atoms with van der Waals surface area (Å²) < 4.78 is 6.56. The predicted octanol–water partition coefficient (Wildman–Crippen LogP) is 5.17. The number of carboxylic acids is 1. The Morgan fingerprint density at radius 1 is 1.04 bits per heavy atom. The van der Waals surface area contributed by atoms with Crippen molar-refractivity contribution in [1.29, 1.82) is 0 Å². The van der Waals surface area contributed by atoms with Crippen molar-refractivity contribution in [1.82, 2.24) is 4.90 Å². The van der Waals surface area contributed by atoms with E-state index < -0.39 is 5.97 Å². The van der Waals surface area contributed by atoms with Crippen LogP contribution in [0.5, 0.6) is 0 Å². The number of carbonyl (C=O) groups is 1. The number of ether oxygens (including phenoxy) is 1. The first kappa shape index (κ1) is 20.8. The molecular formula is C23H28ClNO3. The van der Waals surface area contributed by atoms with Crippen LogP contribution in [0.1, 0.15) is 49.3 Å². The van der Waals surface area contributed by atoms with Crippen molar-refractivity contribution in [2.45, 2.75) is 44.3 Å². The fourth-order valence-electron chi connectivity index (χ4n) is 3.69. The van der Waals surface area contributed by atoms with Crippen LogP contribution in [-0.2, 0) is 9.53 Å². The van der Waals surface area contributed by atoms with E-state index in [2.05, 4.69) is 17.0 Å². The molecule has 1 heterocycles. The van der Waals surface area contributed by atoms with Gasteiger partial charge < -0.3 is 14.7 Å². The molecular weight excluding hydrogens is 374 g/mol. The summed E-state index contributed by atoms with van der Waals surface area (Å²) in [6.45, 7) is 2.97. The molecule has 2 aromatic rings. The molecule has 1 aliphatic heterocycles. The van der Waals surface area contributed by atoms with Crippen LogP contribution in [0, 0.1) is 0 Å². The van der Waals surface area contributed by atoms with Gasteiger partial charge in [0.1, 0.15) is 6.10 Å². The van der Waals surface area contributed by atoms with Crippen molar-refractivity contribution in [3.63, 3.8) is 0 Å². The fourth-order valence-corrected chi connectivity index (χ4v) is 3.81. The first-order chi connectivity index (χ1) is 13.6. The third kappa shape index (κ3) is 6.33. The first-order valence-electron chi connectivity index (χ1n) is 10.0. The highest BCUT2D eigenvalue weighted by Gasteiger charge is 2.24. The fraction of sp³-hybridized carbons (Fsp3) is 0.435. The molecule has 0 radical (unpaired) electrons. The third-order valence-electron chi connectivity index (χ3n) is 5.25. The lowest BCUT2D eigenvalue weighted by Crippen LogP contribution is -2.38. The molecule has 0 aliphatic carbocycles. The second-order valence-corrected chi connectivity index (χ2v) is 7.81. The highest BCUT2D eigenvalue weighted by molar-refractivity contribution is 6.30. The van der Waals surface area contributed by atoms with Crippen LogP contribution < -0.4 is 0 Å². The van der Waals surface area contributed by atoms with E-state index in [1.54, 1.807) is 0 Å². The SMILES string of the molecule is O=C(O)CCCCN1CCC(OC(c2ccccc2)c2ccc(Cl)cc2)CC1. The van der Waals surface area contributed by atoms with Gasteiger partial charge in [0, 0.05) is 24.5 Å². The van der Waals surface area contributed by atoms with Gasteiger partial charge in [-0.2, -0.15) is 0 Å². The molecule has 1 N–H and O–H groups in total. The average Bonchev–Trinajstić information content (AvgIpc) is 2.72. The number of unbranched alkanes of at least 4 members (excludes halogenated alkanes) is 1. The molecule has 0 bridgehead atoms. The van der Waals surface area contributed by atoms with Gasteiger partial charge in [0.25, 0.3) is 0 Å². The van der Waals surface area contributed by atoms with Crippen molar-refractivity contribution in [2.75, 3.05) is 19.6 Å². The van der Waals surface area contributed by atoms with Gasteiger partial charge in [0.05, 0.1) is 6.10 Å². The number of benzene rings is 2. The van der Waals surface area contributed by atoms with Crippen molar-refractivity contribution >= 4 is 17.6 Å². The van der Waals surface area contributed by atoms with Crippen molar-refractivity contribution in [3.05, 3.63) is 70.7 Å². The van der Waals surface area contributed by atoms with Crippen LogP contribution >= 0.6 is 11.6 Å². The monoisotopic (exact) mass is 401 g/mol. The molecule has 150 valence electrons. The van der Waals surface area contributed by atoms with Gasteiger partial charge in [-0.3, -0.25) is 4.79 Å². The molecule has 0 aromatic heterocycles. The molecule has 3 rings (SSSR count). The van der Waals surface area contributed by atoms with Gasteiger partial charge in [-0.15, -0.1) is 0 Å². The Kier molecular flexibility index (Phi) is 7.90. The highest BCUT2D eigenvalue weighted by Crippen LogP contribution is 2.30. The van der Waals surface area contributed by atoms with E-state index in [0.29, 0.717) is 0 Å². The maximum atomic E-state index is 10.6. The number of hydrogen-bond acceptors (Lipinski definition) is 3. The standard InChI is InChI=1S/C23H28ClNO3/c24-20-11-9-19(10-12-20)23(18-6-2-1-3-7-18)28-21-13-16-25(17-14-21)15-5-4-8-22(26)27/h1-3,6-7,9-12,21,23H,4-5,8,13-17H2,(H,26,27). The van der Waals surface area contributed by atoms with Gasteiger partial charge in [-0.05, 0) is 55.5 Å². The Hall–Kier alpha value is -1.88. The largest absolute Gasteiger partial charge is 0.481 e. The van der Waals surface area contributed by atoms with E-state index >= 15 is 0 Å². The lowest BCUT2D eigenvalue weighted by molar-refractivity contribution is -0.137. The van der Waals surface area contributed by atoms with Crippen molar-refractivity contribution in [2.24, 2.45) is 0 Å². The summed E-state index contributed by atoms with van der Waals surface area (Å²) in [7, 11) is 0. The Labute approximate surface area is 172 Å². The lowest BCUT2D eigenvalue weighted by atomic mass is 10.00. The quantitative estimate of drug-likeness (QED) is 0.589. The number of halogens is 1. The number of hydrogen-bond donors (Lipinski definition) is 1. The van der Waals surface area contributed by atoms with Gasteiger partial charge in [0.2, 0.25) is 0 Å². The molecule has 2 aromatic carbocycles. The maximum absolute atomic E-state index is 10.6. The Bertz CT molecular complexity index is 727. The zero-order valence-electron chi connectivity index (χ0n) is 16.1. The lowest BCUT2D eigenvalue weighted by Gasteiger charge is -2.34. The summed E-state index contributed by atoms with van der Waals surface area (Å²) >= 11 is 6.06. The molecule has 0 saturated carbocycles. The molecule has 1 unspecified atom stereocenters. The van der Waals surface area contributed by atoms with E-state index in [1.807, 2.05) is 42.5 Å². The average molecular weight is 402 g/mol. The Balaban J connectivity index is 1.55. The summed E-state index contributed by atoms with van der Waals surface area (Å²) in [6, 6.07) is 18.2. The van der Waals surface area contributed by atoms with Crippen LogP contribution in [0.15, 0.2) is 54.6 Å². The van der Waals surface area contributed by atoms with Crippen LogP contribution in [0.2, 0.25) is 5.02 Å². The zero-order chi connectivity index (χ0) is 19.8. The van der Waals surface area contributed by atoms with E-state index in [4.69, 9.17) is 21.4 Å². The second-order valence-electron chi connectivity index (χ2n) is 7.37. The molecule has 1 saturated heterocycles. The molecule has 0 spiro atoms. The van der Waals surface area contributed by atoms with Crippen LogP contribution in [0.25, 0.3) is 0 Å². The molecule has 1 aliphatic rings. The van der Waals surface area contributed by atoms with E-state index in [0.717, 1.165) is 61.5 Å². The predicted molar refractivity (Wildman–Crippen MR) is 112 cm³/mol. The Morgan fingerprint density at radius 2 is 1.68 bits per heavy atom. The molecule has 1 fully saturated rings. The number of aliphatic carboxylic acids is 1. The first-order valence-corrected chi connectivity index (χ1v) is 10.4. The molecule has 28 heavy (non-hydrogen) atoms. The van der Waals surface area contributed by atoms with Gasteiger partial charge >= 0.3 is 5.97 Å². The highest BCUT2D eigenvalue weighted by atomic mass is 35.5. The summed E-state index contributed by atoms with van der Waals surface area (Å²) in [4.78, 5) is 13.0. The van der Waals surface area contributed by atoms with Crippen LogP contribution in [0.4, 0.5) is 0 Å². The number of rotatable bonds is 9. The minimum absolute atomic E-state index is 0.0921. The number of carboxylic acid groups (broad SMARTS) is 1.